The van der Waals surface area contributed by atoms with Gasteiger partial charge in [-0.05, 0) is 75.2 Å². The van der Waals surface area contributed by atoms with E-state index in [1.165, 1.54) is 8.61 Å². The van der Waals surface area contributed by atoms with Crippen molar-refractivity contribution < 1.29 is 17.9 Å². The third-order valence-electron chi connectivity index (χ3n) is 5.19. The van der Waals surface area contributed by atoms with Crippen LogP contribution in [0.2, 0.25) is 5.02 Å². The number of nitrogens with one attached hydrogen (secondary N) is 1. The number of piperidine rings is 1. The minimum atomic E-state index is -3.77. The Hall–Kier alpha value is -2.29. The summed E-state index contributed by atoms with van der Waals surface area (Å²) in [5.41, 5.74) is 1.21. The van der Waals surface area contributed by atoms with Gasteiger partial charge in [0.05, 0.1) is 18.2 Å². The Kier molecular flexibility index (Phi) is 7.80. The number of ether oxygens (including phenoxy) is 1. The molecule has 1 saturated heterocycles. The average molecular weight is 466 g/mol. The zero-order valence-corrected chi connectivity index (χ0v) is 19.3. The molecule has 0 spiro atoms. The molecule has 0 aromatic heterocycles. The Labute approximate surface area is 189 Å². The largest absolute Gasteiger partial charge is 0.494 e. The predicted molar refractivity (Wildman–Crippen MR) is 124 cm³/mol. The molecule has 1 aliphatic heterocycles. The number of nitrogens with zero attached hydrogens (tertiary/aromatic N) is 2. The minimum Gasteiger partial charge on any atom is -0.494 e. The van der Waals surface area contributed by atoms with Crippen molar-refractivity contribution in [1.82, 2.24) is 4.31 Å². The van der Waals surface area contributed by atoms with E-state index in [9.17, 15) is 13.2 Å². The second-order valence-corrected chi connectivity index (χ2v) is 9.58. The molecule has 1 heterocycles. The van der Waals surface area contributed by atoms with E-state index >= 15 is 0 Å². The number of carbonyl (C=O) groups is 1. The van der Waals surface area contributed by atoms with Crippen LogP contribution >= 0.6 is 11.6 Å². The van der Waals surface area contributed by atoms with Crippen LogP contribution in [-0.4, -0.2) is 44.9 Å². The van der Waals surface area contributed by atoms with Gasteiger partial charge in [0.2, 0.25) is 5.91 Å². The molecule has 7 nitrogen and oxygen atoms in total. The van der Waals surface area contributed by atoms with Crippen LogP contribution in [0.4, 0.5) is 11.4 Å². The summed E-state index contributed by atoms with van der Waals surface area (Å²) >= 11 is 5.89. The number of amides is 1. The molecule has 168 valence electrons. The van der Waals surface area contributed by atoms with Crippen molar-refractivity contribution >= 4 is 39.1 Å². The lowest BCUT2D eigenvalue weighted by atomic mass is 9.99. The molecule has 0 saturated carbocycles. The van der Waals surface area contributed by atoms with Crippen LogP contribution in [0.25, 0.3) is 0 Å². The molecule has 9 heteroatoms. The predicted octanol–water partition coefficient (Wildman–Crippen LogP) is 4.16. The van der Waals surface area contributed by atoms with E-state index in [0.29, 0.717) is 48.1 Å². The van der Waals surface area contributed by atoms with Crippen LogP contribution in [0.1, 0.15) is 26.7 Å². The molecule has 1 N–H and O–H groups in total. The van der Waals surface area contributed by atoms with Crippen LogP contribution in [0.15, 0.2) is 48.5 Å². The molecule has 0 bridgehead atoms. The van der Waals surface area contributed by atoms with Crippen molar-refractivity contribution in [3.63, 3.8) is 0 Å². The number of carbonyl (C=O) groups excluding carboxylic acids is 1. The van der Waals surface area contributed by atoms with Crippen molar-refractivity contribution in [3.8, 4) is 5.75 Å². The van der Waals surface area contributed by atoms with Gasteiger partial charge in [-0.15, -0.1) is 0 Å². The van der Waals surface area contributed by atoms with E-state index in [0.717, 1.165) is 0 Å². The van der Waals surface area contributed by atoms with E-state index in [1.54, 1.807) is 55.5 Å². The third-order valence-corrected chi connectivity index (χ3v) is 7.46. The Morgan fingerprint density at radius 2 is 1.84 bits per heavy atom. The van der Waals surface area contributed by atoms with Crippen molar-refractivity contribution in [2.45, 2.75) is 26.7 Å². The van der Waals surface area contributed by atoms with E-state index in [4.69, 9.17) is 16.3 Å². The number of hydrogen-bond acceptors (Lipinski definition) is 4. The minimum absolute atomic E-state index is 0.148. The first kappa shape index (κ1) is 23.4. The molecular weight excluding hydrogens is 438 g/mol. The molecule has 3 rings (SSSR count). The maximum absolute atomic E-state index is 13.4. The standard InChI is InChI=1S/C22H28ClN3O4S/c1-3-26(20-11-13-21(14-12-20)30-4-2)31(28,29)25-15-5-6-17(16-25)22(27)24-19-9-7-18(23)8-10-19/h7-14,17H,3-6,15-16H2,1-2H3,(H,24,27)/t17-/m1/s1. The number of hydrogen-bond donors (Lipinski definition) is 1. The number of halogens is 1. The third kappa shape index (κ3) is 5.70. The Bertz CT molecular complexity index is 981. The topological polar surface area (TPSA) is 79.0 Å². The zero-order chi connectivity index (χ0) is 22.4. The lowest BCUT2D eigenvalue weighted by molar-refractivity contribution is -0.120. The second-order valence-electron chi connectivity index (χ2n) is 7.29. The SMILES string of the molecule is CCOc1ccc(N(CC)S(=O)(=O)N2CCC[C@@H](C(=O)Nc3ccc(Cl)cc3)C2)cc1. The summed E-state index contributed by atoms with van der Waals surface area (Å²) in [5.74, 6) is 0.0844. The van der Waals surface area contributed by atoms with E-state index in [-0.39, 0.29) is 19.0 Å². The summed E-state index contributed by atoms with van der Waals surface area (Å²) in [6.45, 7) is 5.06. The molecule has 0 unspecified atom stereocenters. The highest BCUT2D eigenvalue weighted by Gasteiger charge is 2.35. The molecular formula is C22H28ClN3O4S. The van der Waals surface area contributed by atoms with Gasteiger partial charge < -0.3 is 10.1 Å². The maximum Gasteiger partial charge on any atom is 0.304 e. The number of benzene rings is 2. The van der Waals surface area contributed by atoms with Crippen LogP contribution in [0.5, 0.6) is 5.75 Å². The molecule has 1 aliphatic rings. The highest BCUT2D eigenvalue weighted by molar-refractivity contribution is 7.90. The summed E-state index contributed by atoms with van der Waals surface area (Å²) in [4.78, 5) is 12.7. The number of rotatable bonds is 8. The summed E-state index contributed by atoms with van der Waals surface area (Å²) in [7, 11) is -3.77. The van der Waals surface area contributed by atoms with Crippen molar-refractivity contribution in [2.75, 3.05) is 35.9 Å². The van der Waals surface area contributed by atoms with Gasteiger partial charge in [-0.25, -0.2) is 0 Å². The van der Waals surface area contributed by atoms with E-state index in [2.05, 4.69) is 5.32 Å². The maximum atomic E-state index is 13.4. The van der Waals surface area contributed by atoms with Crippen LogP contribution < -0.4 is 14.4 Å². The van der Waals surface area contributed by atoms with Crippen LogP contribution in [0.3, 0.4) is 0 Å². The van der Waals surface area contributed by atoms with Gasteiger partial charge in [0.1, 0.15) is 5.75 Å². The molecule has 2 aromatic carbocycles. The van der Waals surface area contributed by atoms with Gasteiger partial charge in [-0.2, -0.15) is 12.7 Å². The average Bonchev–Trinajstić information content (AvgIpc) is 2.77. The normalized spacial score (nSPS) is 17.2. The lowest BCUT2D eigenvalue weighted by Gasteiger charge is -2.35. The molecule has 1 fully saturated rings. The summed E-state index contributed by atoms with van der Waals surface area (Å²) in [6.07, 6.45) is 1.26. The quantitative estimate of drug-likeness (QED) is 0.634. The summed E-state index contributed by atoms with van der Waals surface area (Å²) in [6, 6.07) is 13.8. The molecule has 2 aromatic rings. The summed E-state index contributed by atoms with van der Waals surface area (Å²) in [5, 5.41) is 3.44. The Morgan fingerprint density at radius 1 is 1.16 bits per heavy atom. The Balaban J connectivity index is 1.72. The second kappa shape index (κ2) is 10.3. The number of anilines is 2. The first-order valence-electron chi connectivity index (χ1n) is 10.4. The van der Waals surface area contributed by atoms with Crippen molar-refractivity contribution in [3.05, 3.63) is 53.6 Å². The van der Waals surface area contributed by atoms with E-state index < -0.39 is 16.1 Å². The van der Waals surface area contributed by atoms with Crippen molar-refractivity contribution in [1.29, 1.82) is 0 Å². The van der Waals surface area contributed by atoms with E-state index in [1.807, 2.05) is 6.92 Å². The van der Waals surface area contributed by atoms with Crippen LogP contribution in [0, 0.1) is 5.92 Å². The van der Waals surface area contributed by atoms with Gasteiger partial charge >= 0.3 is 10.2 Å². The molecule has 0 radical (unpaired) electrons. The highest BCUT2D eigenvalue weighted by Crippen LogP contribution is 2.27. The molecule has 1 atom stereocenters. The fourth-order valence-corrected chi connectivity index (χ4v) is 5.48. The zero-order valence-electron chi connectivity index (χ0n) is 17.8. The Morgan fingerprint density at radius 3 is 2.45 bits per heavy atom. The van der Waals surface area contributed by atoms with Gasteiger partial charge in [0.25, 0.3) is 0 Å². The monoisotopic (exact) mass is 465 g/mol. The summed E-state index contributed by atoms with van der Waals surface area (Å²) < 4.78 is 34.9. The smallest absolute Gasteiger partial charge is 0.304 e. The van der Waals surface area contributed by atoms with Gasteiger partial charge in [0.15, 0.2) is 0 Å². The van der Waals surface area contributed by atoms with Gasteiger partial charge in [-0.1, -0.05) is 11.6 Å². The molecule has 1 amide bonds. The fourth-order valence-electron chi connectivity index (χ4n) is 3.64. The van der Waals surface area contributed by atoms with Crippen molar-refractivity contribution in [2.24, 2.45) is 5.92 Å². The molecule has 0 aliphatic carbocycles. The first-order valence-corrected chi connectivity index (χ1v) is 12.2. The first-order chi connectivity index (χ1) is 14.8. The highest BCUT2D eigenvalue weighted by atomic mass is 35.5. The van der Waals surface area contributed by atoms with Gasteiger partial charge in [0, 0.05) is 30.3 Å². The lowest BCUT2D eigenvalue weighted by Crippen LogP contribution is -2.50. The van der Waals surface area contributed by atoms with Gasteiger partial charge in [-0.3, -0.25) is 9.10 Å². The van der Waals surface area contributed by atoms with Crippen LogP contribution in [-0.2, 0) is 15.0 Å². The molecule has 31 heavy (non-hydrogen) atoms. The fraction of sp³-hybridized carbons (Fsp3) is 0.409.